The van der Waals surface area contributed by atoms with Crippen molar-refractivity contribution < 1.29 is 19.6 Å². The molecule has 1 rings (SSSR count). The Morgan fingerprint density at radius 3 is 2.56 bits per heavy atom. The molecule has 0 spiro atoms. The van der Waals surface area contributed by atoms with Crippen molar-refractivity contribution in [3.63, 3.8) is 0 Å². The van der Waals surface area contributed by atoms with Gasteiger partial charge in [-0.25, -0.2) is 9.55 Å². The Labute approximate surface area is 107 Å². The largest absolute Gasteiger partial charge is 0.548 e. The summed E-state index contributed by atoms with van der Waals surface area (Å²) in [6.45, 7) is 6.28. The van der Waals surface area contributed by atoms with Crippen LogP contribution in [0, 0.1) is 0 Å². The highest BCUT2D eigenvalue weighted by Gasteiger charge is 2.14. The molecule has 0 radical (unpaired) electrons. The van der Waals surface area contributed by atoms with Crippen LogP contribution in [0.2, 0.25) is 0 Å². The molecule has 0 saturated heterocycles. The van der Waals surface area contributed by atoms with E-state index in [0.29, 0.717) is 0 Å². The number of carbonyl (C=O) groups is 1. The van der Waals surface area contributed by atoms with E-state index in [1.165, 1.54) is 13.3 Å². The third-order valence-electron chi connectivity index (χ3n) is 2.32. The summed E-state index contributed by atoms with van der Waals surface area (Å²) in [5.74, 6) is -0.321. The monoisotopic (exact) mass is 257 g/mol. The van der Waals surface area contributed by atoms with E-state index in [1.807, 2.05) is 12.4 Å². The standard InChI is InChI=1S/C9H16N2O.C3H7NO2/c1-3-4-6-11-7-5-10-9(11)8(2)12;1-2(4)3(5)6/h5,7-8,12H,3-4,6H2,1-2H3;2H,4H2,1H3,(H,5,6)/t;2-/m.0/s1. The Balaban J connectivity index is 0.000000411. The molecule has 6 nitrogen and oxygen atoms in total. The lowest BCUT2D eigenvalue weighted by Gasteiger charge is -2.01. The van der Waals surface area contributed by atoms with Crippen LogP contribution in [-0.2, 0) is 11.3 Å². The average molecular weight is 257 g/mol. The lowest BCUT2D eigenvalue weighted by molar-refractivity contribution is -0.706. The molecule has 4 N–H and O–H groups in total. The molecule has 1 aromatic heterocycles. The zero-order valence-corrected chi connectivity index (χ0v) is 11.2. The number of H-pyrrole nitrogens is 1. The number of hydrogen-bond donors (Lipinski definition) is 3. The van der Waals surface area contributed by atoms with Crippen molar-refractivity contribution in [2.45, 2.75) is 52.3 Å². The topological polar surface area (TPSA) is 106 Å². The van der Waals surface area contributed by atoms with Gasteiger partial charge in [0.15, 0.2) is 6.10 Å². The Morgan fingerprint density at radius 1 is 1.61 bits per heavy atom. The summed E-state index contributed by atoms with van der Waals surface area (Å²) in [4.78, 5) is 12.5. The second-order valence-corrected chi connectivity index (χ2v) is 4.18. The first-order valence-corrected chi connectivity index (χ1v) is 6.11. The summed E-state index contributed by atoms with van der Waals surface area (Å²) < 4.78 is 2.06. The fourth-order valence-corrected chi connectivity index (χ4v) is 1.26. The number of aromatic amines is 1. The number of nitrogens with one attached hydrogen (secondary N) is 1. The number of carboxylic acid groups (broad SMARTS) is 1. The van der Waals surface area contributed by atoms with Gasteiger partial charge in [-0.2, -0.15) is 0 Å². The number of carbonyl (C=O) groups excluding carboxylic acids is 1. The van der Waals surface area contributed by atoms with Gasteiger partial charge in [0.05, 0.1) is 12.5 Å². The predicted molar refractivity (Wildman–Crippen MR) is 65.2 cm³/mol. The fraction of sp³-hybridized carbons (Fsp3) is 0.667. The molecule has 1 unspecified atom stereocenters. The number of nitrogens with zero attached hydrogens (tertiary/aromatic N) is 1. The van der Waals surface area contributed by atoms with Gasteiger partial charge in [-0.3, -0.25) is 0 Å². The van der Waals surface area contributed by atoms with Crippen LogP contribution in [0.25, 0.3) is 0 Å². The fourth-order valence-electron chi connectivity index (χ4n) is 1.26. The maximum atomic E-state index is 9.46. The van der Waals surface area contributed by atoms with Crippen LogP contribution in [0.4, 0.5) is 0 Å². The number of nitrogens with two attached hydrogens (primary N) is 1. The third-order valence-corrected chi connectivity index (χ3v) is 2.32. The minimum absolute atomic E-state index is 0.406. The van der Waals surface area contributed by atoms with Crippen LogP contribution in [0.15, 0.2) is 12.4 Å². The highest BCUT2D eigenvalue weighted by atomic mass is 16.4. The van der Waals surface area contributed by atoms with Gasteiger partial charge in [0.2, 0.25) is 0 Å². The third kappa shape index (κ3) is 6.36. The zero-order valence-electron chi connectivity index (χ0n) is 11.2. The van der Waals surface area contributed by atoms with Crippen LogP contribution in [0.5, 0.6) is 0 Å². The van der Waals surface area contributed by atoms with E-state index in [2.05, 4.69) is 16.5 Å². The van der Waals surface area contributed by atoms with E-state index in [4.69, 9.17) is 5.73 Å². The van der Waals surface area contributed by atoms with Crippen molar-refractivity contribution >= 4 is 5.97 Å². The summed E-state index contributed by atoms with van der Waals surface area (Å²) in [6.07, 6.45) is 5.76. The molecule has 0 saturated carbocycles. The molecular formula is C12H23N3O3. The molecular weight excluding hydrogens is 234 g/mol. The number of aryl methyl sites for hydroxylation is 1. The van der Waals surface area contributed by atoms with Crippen molar-refractivity contribution in [1.29, 1.82) is 0 Å². The van der Waals surface area contributed by atoms with Gasteiger partial charge in [-0.15, -0.1) is 0 Å². The van der Waals surface area contributed by atoms with Crippen LogP contribution in [0.3, 0.4) is 0 Å². The number of hydrogen-bond acceptors (Lipinski definition) is 4. The molecule has 0 bridgehead atoms. The maximum absolute atomic E-state index is 9.46. The minimum atomic E-state index is -1.21. The van der Waals surface area contributed by atoms with Crippen LogP contribution in [0.1, 0.15) is 45.5 Å². The van der Waals surface area contributed by atoms with E-state index in [1.54, 1.807) is 6.92 Å². The summed E-state index contributed by atoms with van der Waals surface area (Å²) in [6, 6.07) is -0.843. The molecule has 0 fully saturated rings. The summed E-state index contributed by atoms with van der Waals surface area (Å²) in [5.41, 5.74) is 4.77. The van der Waals surface area contributed by atoms with Crippen LogP contribution in [-0.4, -0.2) is 22.1 Å². The summed E-state index contributed by atoms with van der Waals surface area (Å²) in [5, 5.41) is 18.8. The molecule has 0 amide bonds. The van der Waals surface area contributed by atoms with Crippen molar-refractivity contribution in [1.82, 2.24) is 4.98 Å². The first kappa shape index (κ1) is 16.6. The van der Waals surface area contributed by atoms with Crippen LogP contribution >= 0.6 is 0 Å². The highest BCUT2D eigenvalue weighted by Crippen LogP contribution is 2.02. The van der Waals surface area contributed by atoms with Gasteiger partial charge in [-0.05, 0) is 20.3 Å². The van der Waals surface area contributed by atoms with Gasteiger partial charge in [0.25, 0.3) is 5.82 Å². The Morgan fingerprint density at radius 2 is 2.17 bits per heavy atom. The van der Waals surface area contributed by atoms with E-state index in [-0.39, 0.29) is 0 Å². The van der Waals surface area contributed by atoms with E-state index in [0.717, 1.165) is 18.8 Å². The second-order valence-electron chi connectivity index (χ2n) is 4.18. The number of aliphatic hydroxyl groups excluding tert-OH is 1. The van der Waals surface area contributed by atoms with Gasteiger partial charge in [0, 0.05) is 6.04 Å². The van der Waals surface area contributed by atoms with E-state index < -0.39 is 18.1 Å². The molecule has 0 aliphatic rings. The molecule has 104 valence electrons. The normalized spacial score (nSPS) is 13.4. The molecule has 2 atom stereocenters. The number of imidazole rings is 1. The van der Waals surface area contributed by atoms with Crippen molar-refractivity contribution in [2.24, 2.45) is 5.73 Å². The van der Waals surface area contributed by atoms with Crippen molar-refractivity contribution in [3.05, 3.63) is 18.2 Å². The first-order chi connectivity index (χ1) is 8.40. The smallest absolute Gasteiger partial charge is 0.283 e. The van der Waals surface area contributed by atoms with Crippen molar-refractivity contribution in [2.75, 3.05) is 0 Å². The van der Waals surface area contributed by atoms with Gasteiger partial charge < -0.3 is 20.7 Å². The number of unbranched alkanes of at least 4 members (excludes halogenated alkanes) is 1. The molecule has 1 heterocycles. The van der Waals surface area contributed by atoms with Crippen LogP contribution < -0.4 is 15.4 Å². The Kier molecular flexibility index (Phi) is 7.98. The van der Waals surface area contributed by atoms with Gasteiger partial charge in [-0.1, -0.05) is 13.3 Å². The number of rotatable bonds is 5. The quantitative estimate of drug-likeness (QED) is 0.603. The molecule has 18 heavy (non-hydrogen) atoms. The number of aliphatic carboxylic acids is 1. The molecule has 0 aliphatic heterocycles. The van der Waals surface area contributed by atoms with E-state index in [9.17, 15) is 15.0 Å². The Bertz CT molecular complexity index is 348. The van der Waals surface area contributed by atoms with Gasteiger partial charge in [0.1, 0.15) is 12.4 Å². The number of aromatic nitrogens is 2. The molecule has 6 heteroatoms. The zero-order chi connectivity index (χ0) is 14.1. The minimum Gasteiger partial charge on any atom is -0.548 e. The molecule has 1 aromatic rings. The lowest BCUT2D eigenvalue weighted by atomic mass is 10.3. The average Bonchev–Trinajstić information content (AvgIpc) is 2.75. The SMILES string of the molecule is CCCC[n+]1cc[nH]c1C(C)O.C[C@H](N)C(=O)[O-]. The summed E-state index contributed by atoms with van der Waals surface area (Å²) in [7, 11) is 0. The summed E-state index contributed by atoms with van der Waals surface area (Å²) >= 11 is 0. The highest BCUT2D eigenvalue weighted by molar-refractivity contribution is 5.70. The number of aliphatic hydroxyl groups is 1. The maximum Gasteiger partial charge on any atom is 0.283 e. The lowest BCUT2D eigenvalue weighted by Crippen LogP contribution is -2.39. The molecule has 0 aliphatic carbocycles. The molecule has 0 aromatic carbocycles. The van der Waals surface area contributed by atoms with Gasteiger partial charge >= 0.3 is 0 Å². The van der Waals surface area contributed by atoms with E-state index >= 15 is 0 Å². The van der Waals surface area contributed by atoms with Crippen molar-refractivity contribution in [3.8, 4) is 0 Å². The number of carboxylic acids is 1. The Hall–Kier alpha value is -1.40. The predicted octanol–water partition coefficient (Wildman–Crippen LogP) is -0.761. The second kappa shape index (κ2) is 8.66. The first-order valence-electron chi connectivity index (χ1n) is 6.11.